The van der Waals surface area contributed by atoms with Crippen molar-refractivity contribution in [2.24, 2.45) is 0 Å². The maximum absolute atomic E-state index is 13.2. The van der Waals surface area contributed by atoms with Gasteiger partial charge < -0.3 is 0 Å². The molecule has 0 spiro atoms. The second-order valence-corrected chi connectivity index (χ2v) is 10.0. The highest BCUT2D eigenvalue weighted by Gasteiger charge is 2.34. The van der Waals surface area contributed by atoms with Crippen molar-refractivity contribution in [1.82, 2.24) is 20.2 Å². The Morgan fingerprint density at radius 2 is 1.82 bits per heavy atom. The molecule has 1 aromatic heterocycles. The molecule has 1 aliphatic rings. The van der Waals surface area contributed by atoms with E-state index < -0.39 is 16.7 Å². The fourth-order valence-corrected chi connectivity index (χ4v) is 4.94. The Hall–Kier alpha value is -4.61. The number of para-hydroxylation sites is 1. The van der Waals surface area contributed by atoms with Crippen molar-refractivity contribution >= 4 is 51.9 Å². The molecule has 5 rings (SSSR count). The highest BCUT2D eigenvalue weighted by atomic mass is 32.2. The van der Waals surface area contributed by atoms with Crippen LogP contribution >= 0.6 is 24.0 Å². The van der Waals surface area contributed by atoms with Crippen molar-refractivity contribution in [2.45, 2.75) is 6.92 Å². The molecule has 38 heavy (non-hydrogen) atoms. The predicted molar refractivity (Wildman–Crippen MR) is 149 cm³/mol. The number of carbonyl (C=O) groups is 2. The lowest BCUT2D eigenvalue weighted by molar-refractivity contribution is -0.384. The first kappa shape index (κ1) is 25.1. The average molecular weight is 542 g/mol. The van der Waals surface area contributed by atoms with Gasteiger partial charge in [-0.2, -0.15) is 10.1 Å². The fourth-order valence-electron chi connectivity index (χ4n) is 3.77. The molecule has 1 saturated heterocycles. The standard InChI is InChI=1S/C27H19N5O4S2/c1-17-10-12-18(13-11-17)25(33)29-31-26(34)23(38-27(31)37)15-20-16-30(21-7-3-2-4-8-21)28-24(20)19-6-5-9-22(14-19)32(35)36/h2-16H,1H3,(H,29,33)/b23-15-. The molecule has 3 aromatic carbocycles. The molecule has 188 valence electrons. The summed E-state index contributed by atoms with van der Waals surface area (Å²) in [5, 5.41) is 17.1. The monoisotopic (exact) mass is 541 g/mol. The number of amides is 2. The number of hydrogen-bond donors (Lipinski definition) is 1. The van der Waals surface area contributed by atoms with Crippen molar-refractivity contribution in [2.75, 3.05) is 0 Å². The second kappa shape index (κ2) is 10.4. The summed E-state index contributed by atoms with van der Waals surface area (Å²) in [6.07, 6.45) is 3.36. The van der Waals surface area contributed by atoms with Crippen LogP contribution in [0.15, 0.2) is 90.0 Å². The van der Waals surface area contributed by atoms with Crippen molar-refractivity contribution in [1.29, 1.82) is 0 Å². The van der Waals surface area contributed by atoms with Crippen LogP contribution in [0.3, 0.4) is 0 Å². The van der Waals surface area contributed by atoms with Crippen molar-refractivity contribution < 1.29 is 14.5 Å². The van der Waals surface area contributed by atoms with Crippen LogP contribution in [0.1, 0.15) is 21.5 Å². The Morgan fingerprint density at radius 3 is 2.53 bits per heavy atom. The van der Waals surface area contributed by atoms with Crippen molar-refractivity contribution in [3.63, 3.8) is 0 Å². The Labute approximate surface area is 226 Å². The first-order valence-corrected chi connectivity index (χ1v) is 12.6. The molecule has 2 heterocycles. The lowest BCUT2D eigenvalue weighted by Gasteiger charge is -2.15. The summed E-state index contributed by atoms with van der Waals surface area (Å²) in [5.41, 5.74) is 6.19. The summed E-state index contributed by atoms with van der Waals surface area (Å²) in [5.74, 6) is -0.949. The van der Waals surface area contributed by atoms with E-state index in [4.69, 9.17) is 12.2 Å². The third kappa shape index (κ3) is 5.10. The van der Waals surface area contributed by atoms with Gasteiger partial charge in [-0.3, -0.25) is 25.1 Å². The number of aromatic nitrogens is 2. The SMILES string of the molecule is Cc1ccc(C(=O)NN2C(=O)/C(=C/c3cn(-c4ccccc4)nc3-c3cccc([N+](=O)[O-])c3)SC2=S)cc1. The number of nitro benzene ring substituents is 1. The minimum absolute atomic E-state index is 0.0761. The molecule has 0 bridgehead atoms. The summed E-state index contributed by atoms with van der Waals surface area (Å²) >= 11 is 6.41. The van der Waals surface area contributed by atoms with Crippen LogP contribution in [0.25, 0.3) is 23.0 Å². The number of nitrogens with zero attached hydrogens (tertiary/aromatic N) is 4. The number of non-ortho nitro benzene ring substituents is 1. The molecule has 2 amide bonds. The zero-order valence-electron chi connectivity index (χ0n) is 19.9. The highest BCUT2D eigenvalue weighted by Crippen LogP contribution is 2.34. The number of thiocarbonyl (C=S) groups is 1. The predicted octanol–water partition coefficient (Wildman–Crippen LogP) is 5.30. The molecule has 1 fully saturated rings. The topological polar surface area (TPSA) is 110 Å². The number of carbonyl (C=O) groups excluding carboxylic acids is 2. The smallest absolute Gasteiger partial charge is 0.267 e. The summed E-state index contributed by atoms with van der Waals surface area (Å²) in [6.45, 7) is 1.91. The van der Waals surface area contributed by atoms with E-state index in [1.165, 1.54) is 12.1 Å². The van der Waals surface area contributed by atoms with Gasteiger partial charge in [-0.25, -0.2) is 4.68 Å². The third-order valence-corrected chi connectivity index (χ3v) is 7.00. The second-order valence-electron chi connectivity index (χ2n) is 8.34. The van der Waals surface area contributed by atoms with Gasteiger partial charge in [-0.15, -0.1) is 0 Å². The number of rotatable bonds is 6. The molecule has 11 heteroatoms. The van der Waals surface area contributed by atoms with Gasteiger partial charge in [-0.1, -0.05) is 59.8 Å². The summed E-state index contributed by atoms with van der Waals surface area (Å²) in [6, 6.07) is 22.4. The van der Waals surface area contributed by atoms with E-state index in [-0.39, 0.29) is 14.9 Å². The lowest BCUT2D eigenvalue weighted by Crippen LogP contribution is -2.44. The molecule has 4 aromatic rings. The maximum Gasteiger partial charge on any atom is 0.285 e. The van der Waals surface area contributed by atoms with Crippen molar-refractivity contribution in [3.05, 3.63) is 117 Å². The largest absolute Gasteiger partial charge is 0.285 e. The van der Waals surface area contributed by atoms with Crippen LogP contribution in [-0.4, -0.2) is 35.8 Å². The maximum atomic E-state index is 13.2. The molecule has 9 nitrogen and oxygen atoms in total. The first-order valence-electron chi connectivity index (χ1n) is 11.4. The molecule has 1 N–H and O–H groups in total. The molecular formula is C27H19N5O4S2. The number of hydrogen-bond acceptors (Lipinski definition) is 7. The molecule has 0 aliphatic carbocycles. The number of hydrazine groups is 1. The zero-order valence-corrected chi connectivity index (χ0v) is 21.5. The number of aryl methyl sites for hydroxylation is 1. The van der Waals surface area contributed by atoms with Crippen LogP contribution in [0.2, 0.25) is 0 Å². The normalized spacial score (nSPS) is 14.2. The average Bonchev–Trinajstić information content (AvgIpc) is 3.46. The summed E-state index contributed by atoms with van der Waals surface area (Å²) in [4.78, 5) is 37.1. The fraction of sp³-hybridized carbons (Fsp3) is 0.0370. The minimum atomic E-state index is -0.488. The Bertz CT molecular complexity index is 1610. The summed E-state index contributed by atoms with van der Waals surface area (Å²) < 4.78 is 1.81. The van der Waals surface area contributed by atoms with Gasteiger partial charge in [0, 0.05) is 35.0 Å². The van der Waals surface area contributed by atoms with E-state index in [1.807, 2.05) is 37.3 Å². The van der Waals surface area contributed by atoms with E-state index in [1.54, 1.807) is 53.4 Å². The quantitative estimate of drug-likeness (QED) is 0.153. The minimum Gasteiger partial charge on any atom is -0.267 e. The summed E-state index contributed by atoms with van der Waals surface area (Å²) in [7, 11) is 0. The lowest BCUT2D eigenvalue weighted by atomic mass is 10.1. The highest BCUT2D eigenvalue weighted by molar-refractivity contribution is 8.26. The molecule has 0 atom stereocenters. The Morgan fingerprint density at radius 1 is 1.08 bits per heavy atom. The zero-order chi connectivity index (χ0) is 26.8. The number of nitrogens with one attached hydrogen (secondary N) is 1. The van der Waals surface area contributed by atoms with Gasteiger partial charge in [-0.05, 0) is 49.5 Å². The van der Waals surface area contributed by atoms with Crippen LogP contribution in [0.4, 0.5) is 5.69 Å². The molecule has 1 aliphatic heterocycles. The third-order valence-electron chi connectivity index (χ3n) is 5.70. The number of benzene rings is 3. The van der Waals surface area contributed by atoms with Gasteiger partial charge >= 0.3 is 0 Å². The van der Waals surface area contributed by atoms with Crippen LogP contribution in [-0.2, 0) is 4.79 Å². The molecule has 0 unspecified atom stereocenters. The Balaban J connectivity index is 1.50. The van der Waals surface area contributed by atoms with E-state index in [0.29, 0.717) is 22.4 Å². The van der Waals surface area contributed by atoms with Crippen LogP contribution in [0.5, 0.6) is 0 Å². The molecular weight excluding hydrogens is 522 g/mol. The first-order chi connectivity index (χ1) is 18.3. The van der Waals surface area contributed by atoms with Gasteiger partial charge in [0.1, 0.15) is 5.69 Å². The van der Waals surface area contributed by atoms with E-state index in [2.05, 4.69) is 10.5 Å². The van der Waals surface area contributed by atoms with Gasteiger partial charge in [0.2, 0.25) is 0 Å². The number of nitro groups is 1. The van der Waals surface area contributed by atoms with Crippen molar-refractivity contribution in [3.8, 4) is 16.9 Å². The van der Waals surface area contributed by atoms with Gasteiger partial charge in [0.05, 0.1) is 15.5 Å². The van der Waals surface area contributed by atoms with Gasteiger partial charge in [0.15, 0.2) is 4.32 Å². The van der Waals surface area contributed by atoms with Gasteiger partial charge in [0.25, 0.3) is 17.5 Å². The molecule has 0 saturated carbocycles. The van der Waals surface area contributed by atoms with Crippen LogP contribution in [0, 0.1) is 17.0 Å². The van der Waals surface area contributed by atoms with E-state index >= 15 is 0 Å². The number of thioether (sulfide) groups is 1. The van der Waals surface area contributed by atoms with E-state index in [9.17, 15) is 19.7 Å². The van der Waals surface area contributed by atoms with Crippen LogP contribution < -0.4 is 5.43 Å². The Kier molecular flexibility index (Phi) is 6.86. The molecule has 0 radical (unpaired) electrons. The van der Waals surface area contributed by atoms with E-state index in [0.717, 1.165) is 28.0 Å².